The molecule has 1 heterocycles. The maximum Gasteiger partial charge on any atom is 0.171 e. The smallest absolute Gasteiger partial charge is 0.171 e. The van der Waals surface area contributed by atoms with E-state index in [1.54, 1.807) is 0 Å². The predicted octanol–water partition coefficient (Wildman–Crippen LogP) is 3.35. The average molecular weight is 219 g/mol. The standard InChI is InChI=1S/C14H21NO/c1-5-11(7-12-6-10(12)4)14-15-13(8-16-14)9(2)3/h7,10,12,14H,2,5-6,8H2,1,3-4H3. The van der Waals surface area contributed by atoms with Crippen LogP contribution in [0, 0.1) is 11.8 Å². The van der Waals surface area contributed by atoms with Crippen LogP contribution in [-0.4, -0.2) is 18.5 Å². The summed E-state index contributed by atoms with van der Waals surface area (Å²) < 4.78 is 5.71. The van der Waals surface area contributed by atoms with Gasteiger partial charge in [-0.2, -0.15) is 0 Å². The Kier molecular flexibility index (Phi) is 3.29. The number of rotatable bonds is 4. The molecule has 0 aromatic heterocycles. The Labute approximate surface area is 98.1 Å². The minimum absolute atomic E-state index is 0.0375. The first-order valence-electron chi connectivity index (χ1n) is 6.16. The highest BCUT2D eigenvalue weighted by Gasteiger charge is 2.32. The third-order valence-electron chi connectivity index (χ3n) is 3.47. The maximum atomic E-state index is 5.71. The second-order valence-electron chi connectivity index (χ2n) is 4.99. The van der Waals surface area contributed by atoms with Gasteiger partial charge in [0.15, 0.2) is 6.23 Å². The first-order chi connectivity index (χ1) is 7.61. The van der Waals surface area contributed by atoms with Gasteiger partial charge < -0.3 is 4.74 Å². The first-order valence-corrected chi connectivity index (χ1v) is 6.16. The SMILES string of the molecule is C=C(C)C1=NC(C(=CC2CC2C)CC)OC1. The third-order valence-corrected chi connectivity index (χ3v) is 3.47. The summed E-state index contributed by atoms with van der Waals surface area (Å²) in [6, 6.07) is 0. The lowest BCUT2D eigenvalue weighted by Gasteiger charge is -2.10. The van der Waals surface area contributed by atoms with E-state index in [0.717, 1.165) is 29.5 Å². The van der Waals surface area contributed by atoms with Crippen LogP contribution in [-0.2, 0) is 4.74 Å². The largest absolute Gasteiger partial charge is 0.346 e. The molecule has 3 unspecified atom stereocenters. The van der Waals surface area contributed by atoms with E-state index in [9.17, 15) is 0 Å². The molecule has 16 heavy (non-hydrogen) atoms. The summed E-state index contributed by atoms with van der Waals surface area (Å²) in [6.45, 7) is 11.0. The van der Waals surface area contributed by atoms with Gasteiger partial charge in [-0.1, -0.05) is 26.5 Å². The van der Waals surface area contributed by atoms with Crippen molar-refractivity contribution in [2.45, 2.75) is 39.8 Å². The van der Waals surface area contributed by atoms with E-state index < -0.39 is 0 Å². The van der Waals surface area contributed by atoms with E-state index in [2.05, 4.69) is 31.5 Å². The molecule has 1 fully saturated rings. The lowest BCUT2D eigenvalue weighted by Crippen LogP contribution is -2.08. The molecule has 1 saturated carbocycles. The van der Waals surface area contributed by atoms with Crippen LogP contribution in [0.4, 0.5) is 0 Å². The number of hydrogen-bond acceptors (Lipinski definition) is 2. The zero-order valence-electron chi connectivity index (χ0n) is 10.5. The zero-order valence-corrected chi connectivity index (χ0v) is 10.5. The van der Waals surface area contributed by atoms with Crippen LogP contribution < -0.4 is 0 Å². The lowest BCUT2D eigenvalue weighted by molar-refractivity contribution is 0.134. The van der Waals surface area contributed by atoms with E-state index in [0.29, 0.717) is 6.61 Å². The van der Waals surface area contributed by atoms with Gasteiger partial charge in [-0.15, -0.1) is 0 Å². The van der Waals surface area contributed by atoms with Crippen LogP contribution in [0.5, 0.6) is 0 Å². The molecule has 0 spiro atoms. The van der Waals surface area contributed by atoms with Crippen molar-refractivity contribution in [2.75, 3.05) is 6.61 Å². The van der Waals surface area contributed by atoms with E-state index >= 15 is 0 Å². The van der Waals surface area contributed by atoms with Crippen molar-refractivity contribution in [1.29, 1.82) is 0 Å². The second-order valence-corrected chi connectivity index (χ2v) is 4.99. The molecular formula is C14H21NO. The molecule has 2 aliphatic rings. The van der Waals surface area contributed by atoms with Crippen molar-refractivity contribution in [2.24, 2.45) is 16.8 Å². The number of aliphatic imine (C=N–C) groups is 1. The summed E-state index contributed by atoms with van der Waals surface area (Å²) in [5.74, 6) is 1.62. The van der Waals surface area contributed by atoms with Gasteiger partial charge in [0.05, 0.1) is 12.3 Å². The third kappa shape index (κ3) is 2.43. The van der Waals surface area contributed by atoms with Gasteiger partial charge in [0.1, 0.15) is 0 Å². The summed E-state index contributed by atoms with van der Waals surface area (Å²) in [6.07, 6.45) is 4.69. The molecule has 2 heteroatoms. The van der Waals surface area contributed by atoms with Gasteiger partial charge in [-0.3, -0.25) is 4.99 Å². The minimum Gasteiger partial charge on any atom is -0.346 e. The van der Waals surface area contributed by atoms with E-state index in [1.165, 1.54) is 12.0 Å². The van der Waals surface area contributed by atoms with Gasteiger partial charge in [-0.05, 0) is 42.7 Å². The Morgan fingerprint density at radius 2 is 2.31 bits per heavy atom. The van der Waals surface area contributed by atoms with Crippen LogP contribution in [0.3, 0.4) is 0 Å². The highest BCUT2D eigenvalue weighted by atomic mass is 16.5. The Hall–Kier alpha value is -0.890. The fraction of sp³-hybridized carbons (Fsp3) is 0.643. The molecule has 3 atom stereocenters. The lowest BCUT2D eigenvalue weighted by atomic mass is 10.1. The molecule has 1 aliphatic carbocycles. The van der Waals surface area contributed by atoms with Crippen LogP contribution in [0.1, 0.15) is 33.6 Å². The highest BCUT2D eigenvalue weighted by Crippen LogP contribution is 2.40. The fourth-order valence-corrected chi connectivity index (χ4v) is 2.03. The van der Waals surface area contributed by atoms with E-state index in [4.69, 9.17) is 4.74 Å². The number of allylic oxidation sites excluding steroid dienone is 1. The molecular weight excluding hydrogens is 198 g/mol. The summed E-state index contributed by atoms with van der Waals surface area (Å²) in [7, 11) is 0. The molecule has 0 N–H and O–H groups in total. The Morgan fingerprint density at radius 3 is 2.75 bits per heavy atom. The van der Waals surface area contributed by atoms with Crippen molar-refractivity contribution in [1.82, 2.24) is 0 Å². The molecule has 1 aliphatic heterocycles. The molecule has 0 saturated heterocycles. The van der Waals surface area contributed by atoms with Gasteiger partial charge >= 0.3 is 0 Å². The second kappa shape index (κ2) is 4.54. The number of nitrogens with zero attached hydrogens (tertiary/aromatic N) is 1. The monoisotopic (exact) mass is 219 g/mol. The molecule has 2 rings (SSSR count). The number of ether oxygens (including phenoxy) is 1. The average Bonchev–Trinajstić information content (AvgIpc) is 2.78. The van der Waals surface area contributed by atoms with Gasteiger partial charge in [0.2, 0.25) is 0 Å². The van der Waals surface area contributed by atoms with Crippen LogP contribution in [0.2, 0.25) is 0 Å². The Bertz CT molecular complexity index is 354. The fourth-order valence-electron chi connectivity index (χ4n) is 2.03. The molecule has 0 aromatic carbocycles. The van der Waals surface area contributed by atoms with Crippen molar-refractivity contribution >= 4 is 5.71 Å². The first kappa shape index (κ1) is 11.6. The van der Waals surface area contributed by atoms with Crippen LogP contribution >= 0.6 is 0 Å². The molecule has 88 valence electrons. The number of hydrogen-bond donors (Lipinski definition) is 0. The summed E-state index contributed by atoms with van der Waals surface area (Å²) >= 11 is 0. The molecule has 0 aromatic rings. The van der Waals surface area contributed by atoms with Gasteiger partial charge in [0.25, 0.3) is 0 Å². The molecule has 2 nitrogen and oxygen atoms in total. The topological polar surface area (TPSA) is 21.6 Å². The molecule has 0 radical (unpaired) electrons. The normalized spacial score (nSPS) is 33.8. The van der Waals surface area contributed by atoms with Crippen LogP contribution in [0.15, 0.2) is 28.8 Å². The van der Waals surface area contributed by atoms with Crippen molar-refractivity contribution in [3.05, 3.63) is 23.8 Å². The van der Waals surface area contributed by atoms with E-state index in [-0.39, 0.29) is 6.23 Å². The van der Waals surface area contributed by atoms with Gasteiger partial charge in [0, 0.05) is 0 Å². The highest BCUT2D eigenvalue weighted by molar-refractivity contribution is 6.01. The Balaban J connectivity index is 2.06. The van der Waals surface area contributed by atoms with Crippen molar-refractivity contribution < 1.29 is 4.74 Å². The maximum absolute atomic E-state index is 5.71. The van der Waals surface area contributed by atoms with E-state index in [1.807, 2.05) is 6.92 Å². The van der Waals surface area contributed by atoms with Gasteiger partial charge in [-0.25, -0.2) is 0 Å². The van der Waals surface area contributed by atoms with Crippen molar-refractivity contribution in [3.8, 4) is 0 Å². The molecule has 0 bridgehead atoms. The molecule has 0 amide bonds. The summed E-state index contributed by atoms with van der Waals surface area (Å²) in [4.78, 5) is 4.59. The minimum atomic E-state index is -0.0375. The van der Waals surface area contributed by atoms with Crippen molar-refractivity contribution in [3.63, 3.8) is 0 Å². The Morgan fingerprint density at radius 1 is 1.62 bits per heavy atom. The van der Waals surface area contributed by atoms with Crippen LogP contribution in [0.25, 0.3) is 0 Å². The summed E-state index contributed by atoms with van der Waals surface area (Å²) in [5, 5.41) is 0. The quantitative estimate of drug-likeness (QED) is 0.664. The zero-order chi connectivity index (χ0) is 11.7. The summed E-state index contributed by atoms with van der Waals surface area (Å²) in [5.41, 5.74) is 3.39. The predicted molar refractivity (Wildman–Crippen MR) is 67.6 cm³/mol.